The molecule has 0 bridgehead atoms. The summed E-state index contributed by atoms with van der Waals surface area (Å²) in [6.07, 6.45) is 3.34. The predicted molar refractivity (Wildman–Crippen MR) is 56.6 cm³/mol. The maximum Gasteiger partial charge on any atom is 0.148 e. The highest BCUT2D eigenvalue weighted by Gasteiger charge is 2.20. The molecule has 0 amide bonds. The van der Waals surface area contributed by atoms with Gasteiger partial charge in [0.2, 0.25) is 0 Å². The molecule has 0 saturated heterocycles. The smallest absolute Gasteiger partial charge is 0.148 e. The first kappa shape index (κ1) is 12.9. The minimum Gasteiger partial charge on any atom is -0.316 e. The number of rotatable bonds is 6. The van der Waals surface area contributed by atoms with Gasteiger partial charge in [0.1, 0.15) is 9.84 Å². The summed E-state index contributed by atoms with van der Waals surface area (Å²) in [6, 6.07) is 0.102. The van der Waals surface area contributed by atoms with Gasteiger partial charge in [0.15, 0.2) is 0 Å². The third kappa shape index (κ3) is 5.26. The summed E-state index contributed by atoms with van der Waals surface area (Å²) in [4.78, 5) is 0. The van der Waals surface area contributed by atoms with Crippen molar-refractivity contribution in [3.05, 3.63) is 0 Å². The molecule has 80 valence electrons. The monoisotopic (exact) mass is 207 g/mol. The van der Waals surface area contributed by atoms with Gasteiger partial charge < -0.3 is 5.32 Å². The fraction of sp³-hybridized carbons (Fsp3) is 1.00. The van der Waals surface area contributed by atoms with Crippen LogP contribution in [0.15, 0.2) is 0 Å². The second-order valence-corrected chi connectivity index (χ2v) is 5.75. The van der Waals surface area contributed by atoms with E-state index in [2.05, 4.69) is 19.2 Å². The lowest BCUT2D eigenvalue weighted by molar-refractivity contribution is 0.373. The van der Waals surface area contributed by atoms with Crippen LogP contribution in [-0.4, -0.2) is 33.5 Å². The van der Waals surface area contributed by atoms with Crippen LogP contribution in [0.25, 0.3) is 0 Å². The highest BCUT2D eigenvalue weighted by molar-refractivity contribution is 7.90. The highest BCUT2D eigenvalue weighted by Crippen LogP contribution is 2.14. The Morgan fingerprint density at radius 2 is 1.69 bits per heavy atom. The van der Waals surface area contributed by atoms with Gasteiger partial charge in [0.25, 0.3) is 0 Å². The van der Waals surface area contributed by atoms with Gasteiger partial charge in [-0.2, -0.15) is 0 Å². The Labute approximate surface area is 81.8 Å². The van der Waals surface area contributed by atoms with Crippen molar-refractivity contribution < 1.29 is 8.42 Å². The van der Waals surface area contributed by atoms with Gasteiger partial charge in [-0.25, -0.2) is 8.42 Å². The Kier molecular flexibility index (Phi) is 5.56. The Morgan fingerprint density at radius 1 is 1.23 bits per heavy atom. The first-order valence-electron chi connectivity index (χ1n) is 4.79. The van der Waals surface area contributed by atoms with E-state index in [-0.39, 0.29) is 11.8 Å². The lowest BCUT2D eigenvalue weighted by atomic mass is 9.96. The largest absolute Gasteiger partial charge is 0.316 e. The molecular formula is C9H21NO2S. The van der Waals surface area contributed by atoms with E-state index < -0.39 is 9.84 Å². The van der Waals surface area contributed by atoms with Crippen LogP contribution in [0.1, 0.15) is 26.7 Å². The van der Waals surface area contributed by atoms with Crippen molar-refractivity contribution in [2.75, 3.05) is 19.1 Å². The Hall–Kier alpha value is -0.0900. The van der Waals surface area contributed by atoms with Gasteiger partial charge in [-0.15, -0.1) is 0 Å². The minimum atomic E-state index is -2.86. The van der Waals surface area contributed by atoms with Crippen LogP contribution in [0.3, 0.4) is 0 Å². The zero-order valence-electron chi connectivity index (χ0n) is 9.00. The molecule has 4 heteroatoms. The fourth-order valence-electron chi connectivity index (χ4n) is 1.64. The molecule has 1 unspecified atom stereocenters. The van der Waals surface area contributed by atoms with Crippen LogP contribution in [0.4, 0.5) is 0 Å². The van der Waals surface area contributed by atoms with Gasteiger partial charge >= 0.3 is 0 Å². The maximum atomic E-state index is 11.1. The van der Waals surface area contributed by atoms with Gasteiger partial charge in [0, 0.05) is 12.3 Å². The van der Waals surface area contributed by atoms with Crippen molar-refractivity contribution in [1.82, 2.24) is 5.32 Å². The summed E-state index contributed by atoms with van der Waals surface area (Å²) >= 11 is 0. The van der Waals surface area contributed by atoms with Crippen molar-refractivity contribution in [2.45, 2.75) is 32.7 Å². The standard InChI is InChI=1S/C9H21NO2S/c1-5-8(6-2)9(10-3)7-13(4,11)12/h8-10H,5-7H2,1-4H3. The van der Waals surface area contributed by atoms with Gasteiger partial charge in [-0.1, -0.05) is 26.7 Å². The summed E-state index contributed by atoms with van der Waals surface area (Å²) in [6.45, 7) is 4.20. The van der Waals surface area contributed by atoms with Crippen LogP contribution in [0.5, 0.6) is 0 Å². The summed E-state index contributed by atoms with van der Waals surface area (Å²) < 4.78 is 22.2. The number of hydrogen-bond acceptors (Lipinski definition) is 3. The number of nitrogens with one attached hydrogen (secondary N) is 1. The molecule has 0 aromatic rings. The zero-order chi connectivity index (χ0) is 10.5. The minimum absolute atomic E-state index is 0.102. The predicted octanol–water partition coefficient (Wildman–Crippen LogP) is 1.06. The van der Waals surface area contributed by atoms with Gasteiger partial charge in [0.05, 0.1) is 5.75 Å². The van der Waals surface area contributed by atoms with Gasteiger partial charge in [-0.3, -0.25) is 0 Å². The molecular weight excluding hydrogens is 186 g/mol. The molecule has 0 rings (SSSR count). The summed E-state index contributed by atoms with van der Waals surface area (Å²) in [7, 11) is -1.04. The quantitative estimate of drug-likeness (QED) is 0.708. The molecule has 0 aromatic heterocycles. The molecule has 0 spiro atoms. The zero-order valence-corrected chi connectivity index (χ0v) is 9.82. The normalized spacial score (nSPS) is 14.8. The molecule has 0 aliphatic heterocycles. The van der Waals surface area contributed by atoms with Crippen molar-refractivity contribution in [1.29, 1.82) is 0 Å². The number of hydrogen-bond donors (Lipinski definition) is 1. The van der Waals surface area contributed by atoms with E-state index in [4.69, 9.17) is 0 Å². The van der Waals surface area contributed by atoms with Crippen LogP contribution >= 0.6 is 0 Å². The molecule has 0 aliphatic carbocycles. The van der Waals surface area contributed by atoms with Gasteiger partial charge in [-0.05, 0) is 13.0 Å². The van der Waals surface area contributed by atoms with Crippen LogP contribution in [0.2, 0.25) is 0 Å². The molecule has 3 nitrogen and oxygen atoms in total. The number of sulfone groups is 1. The van der Waals surface area contributed by atoms with E-state index in [0.29, 0.717) is 5.92 Å². The second kappa shape index (κ2) is 5.60. The van der Waals surface area contributed by atoms with E-state index in [0.717, 1.165) is 12.8 Å². The molecule has 0 aromatic carbocycles. The first-order valence-corrected chi connectivity index (χ1v) is 6.85. The third-order valence-corrected chi connectivity index (χ3v) is 3.44. The van der Waals surface area contributed by atoms with Crippen molar-refractivity contribution in [3.63, 3.8) is 0 Å². The summed E-state index contributed by atoms with van der Waals surface area (Å²) in [5, 5.41) is 3.08. The van der Waals surface area contributed by atoms with Crippen molar-refractivity contribution >= 4 is 9.84 Å². The fourth-order valence-corrected chi connectivity index (χ4v) is 2.73. The van der Waals surface area contributed by atoms with Crippen molar-refractivity contribution in [3.8, 4) is 0 Å². The average Bonchev–Trinajstić information content (AvgIpc) is 2.02. The van der Waals surface area contributed by atoms with E-state index in [1.54, 1.807) is 0 Å². The van der Waals surface area contributed by atoms with Crippen LogP contribution < -0.4 is 5.32 Å². The Balaban J connectivity index is 4.32. The Bertz CT molecular complexity index is 220. The summed E-state index contributed by atoms with van der Waals surface area (Å²) in [5.41, 5.74) is 0. The molecule has 0 saturated carbocycles. The highest BCUT2D eigenvalue weighted by atomic mass is 32.2. The molecule has 0 fully saturated rings. The van der Waals surface area contributed by atoms with Crippen LogP contribution in [0, 0.1) is 5.92 Å². The molecule has 0 radical (unpaired) electrons. The average molecular weight is 207 g/mol. The van der Waals surface area contributed by atoms with Crippen molar-refractivity contribution in [2.24, 2.45) is 5.92 Å². The first-order chi connectivity index (χ1) is 5.94. The second-order valence-electron chi connectivity index (χ2n) is 3.56. The van der Waals surface area contributed by atoms with E-state index in [1.807, 2.05) is 7.05 Å². The Morgan fingerprint density at radius 3 is 1.92 bits per heavy atom. The summed E-state index contributed by atoms with van der Waals surface area (Å²) in [5.74, 6) is 0.704. The molecule has 0 heterocycles. The van der Waals surface area contributed by atoms with E-state index in [1.165, 1.54) is 6.26 Å². The maximum absolute atomic E-state index is 11.1. The third-order valence-electron chi connectivity index (χ3n) is 2.47. The molecule has 1 N–H and O–H groups in total. The van der Waals surface area contributed by atoms with Crippen LogP contribution in [-0.2, 0) is 9.84 Å². The molecule has 13 heavy (non-hydrogen) atoms. The lowest BCUT2D eigenvalue weighted by Crippen LogP contribution is -2.39. The lowest BCUT2D eigenvalue weighted by Gasteiger charge is -2.23. The topological polar surface area (TPSA) is 46.2 Å². The van der Waals surface area contributed by atoms with E-state index in [9.17, 15) is 8.42 Å². The van der Waals surface area contributed by atoms with E-state index >= 15 is 0 Å². The molecule has 1 atom stereocenters. The molecule has 0 aliphatic rings. The SMILES string of the molecule is CCC(CC)C(CS(C)(=O)=O)NC.